The van der Waals surface area contributed by atoms with Crippen molar-refractivity contribution in [3.05, 3.63) is 23.9 Å². The molecule has 0 bridgehead atoms. The second-order valence-electron chi connectivity index (χ2n) is 3.55. The monoisotopic (exact) mass is 137 g/mol. The molecule has 0 aliphatic carbocycles. The Morgan fingerprint density at radius 2 is 2.20 bits per heavy atom. The SMILES string of the molecule is CC1=CC=CC(C)(C)CN1. The largest absolute Gasteiger partial charge is 0.388 e. The van der Waals surface area contributed by atoms with Crippen LogP contribution in [0.2, 0.25) is 0 Å². The minimum atomic E-state index is 0.300. The van der Waals surface area contributed by atoms with Crippen molar-refractivity contribution >= 4 is 0 Å². The van der Waals surface area contributed by atoms with Gasteiger partial charge in [0.25, 0.3) is 0 Å². The van der Waals surface area contributed by atoms with Crippen LogP contribution in [0.25, 0.3) is 0 Å². The van der Waals surface area contributed by atoms with Crippen LogP contribution in [0.5, 0.6) is 0 Å². The average Bonchev–Trinajstić information content (AvgIpc) is 1.94. The van der Waals surface area contributed by atoms with Gasteiger partial charge in [-0.3, -0.25) is 0 Å². The minimum Gasteiger partial charge on any atom is -0.388 e. The molecule has 0 amide bonds. The molecule has 1 aliphatic heterocycles. The van der Waals surface area contributed by atoms with Crippen molar-refractivity contribution in [3.8, 4) is 0 Å². The Hall–Kier alpha value is -0.720. The van der Waals surface area contributed by atoms with Crippen LogP contribution >= 0.6 is 0 Å². The van der Waals surface area contributed by atoms with Gasteiger partial charge >= 0.3 is 0 Å². The highest BCUT2D eigenvalue weighted by Gasteiger charge is 2.13. The van der Waals surface area contributed by atoms with Gasteiger partial charge in [-0.05, 0) is 13.0 Å². The summed E-state index contributed by atoms with van der Waals surface area (Å²) in [6.45, 7) is 7.57. The molecule has 0 unspecified atom stereocenters. The molecule has 56 valence electrons. The van der Waals surface area contributed by atoms with Crippen LogP contribution in [-0.2, 0) is 0 Å². The van der Waals surface area contributed by atoms with E-state index in [1.807, 2.05) is 0 Å². The van der Waals surface area contributed by atoms with Gasteiger partial charge in [0, 0.05) is 17.7 Å². The number of hydrogen-bond acceptors (Lipinski definition) is 1. The molecule has 0 saturated carbocycles. The molecule has 0 aromatic rings. The molecule has 1 heterocycles. The molecule has 0 spiro atoms. The van der Waals surface area contributed by atoms with Gasteiger partial charge in [-0.1, -0.05) is 26.0 Å². The van der Waals surface area contributed by atoms with Crippen molar-refractivity contribution in [1.82, 2.24) is 5.32 Å². The summed E-state index contributed by atoms with van der Waals surface area (Å²) in [5.74, 6) is 0. The van der Waals surface area contributed by atoms with E-state index >= 15 is 0 Å². The Morgan fingerprint density at radius 1 is 1.50 bits per heavy atom. The summed E-state index contributed by atoms with van der Waals surface area (Å²) in [6, 6.07) is 0. The zero-order valence-electron chi connectivity index (χ0n) is 6.94. The van der Waals surface area contributed by atoms with Gasteiger partial charge in [0.05, 0.1) is 0 Å². The van der Waals surface area contributed by atoms with Crippen molar-refractivity contribution in [2.75, 3.05) is 6.54 Å². The Kier molecular flexibility index (Phi) is 1.84. The smallest absolute Gasteiger partial charge is 0.0229 e. The van der Waals surface area contributed by atoms with Crippen LogP contribution < -0.4 is 5.32 Å². The fraction of sp³-hybridized carbons (Fsp3) is 0.556. The second-order valence-corrected chi connectivity index (χ2v) is 3.55. The van der Waals surface area contributed by atoms with Crippen LogP contribution in [0.4, 0.5) is 0 Å². The lowest BCUT2D eigenvalue weighted by Gasteiger charge is -2.19. The molecule has 0 aromatic carbocycles. The standard InChI is InChI=1S/C9H15N/c1-8-5-4-6-9(2,3)7-10-8/h4-6,10H,7H2,1-3H3. The van der Waals surface area contributed by atoms with Gasteiger partial charge in [0.2, 0.25) is 0 Å². The predicted octanol–water partition coefficient (Wildman–Crippen LogP) is 2.08. The number of allylic oxidation sites excluding steroid dienone is 3. The van der Waals surface area contributed by atoms with Crippen molar-refractivity contribution in [2.45, 2.75) is 20.8 Å². The number of hydrogen-bond donors (Lipinski definition) is 1. The molecule has 1 heteroatoms. The lowest BCUT2D eigenvalue weighted by molar-refractivity contribution is 0.460. The lowest BCUT2D eigenvalue weighted by Crippen LogP contribution is -2.25. The van der Waals surface area contributed by atoms with Crippen LogP contribution in [0.15, 0.2) is 23.9 Å². The molecule has 1 nitrogen and oxygen atoms in total. The highest BCUT2D eigenvalue weighted by Crippen LogP contribution is 2.17. The highest BCUT2D eigenvalue weighted by molar-refractivity contribution is 5.15. The summed E-state index contributed by atoms with van der Waals surface area (Å²) in [6.07, 6.45) is 6.46. The Labute approximate surface area is 62.8 Å². The Bertz CT molecular complexity index is 175. The van der Waals surface area contributed by atoms with E-state index in [2.05, 4.69) is 44.3 Å². The van der Waals surface area contributed by atoms with E-state index in [0.717, 1.165) is 6.54 Å². The van der Waals surface area contributed by atoms with Crippen molar-refractivity contribution in [2.24, 2.45) is 5.41 Å². The summed E-state index contributed by atoms with van der Waals surface area (Å²) < 4.78 is 0. The number of nitrogens with one attached hydrogen (secondary N) is 1. The lowest BCUT2D eigenvalue weighted by atomic mass is 9.93. The first-order valence-corrected chi connectivity index (χ1v) is 3.70. The van der Waals surface area contributed by atoms with Crippen molar-refractivity contribution in [3.63, 3.8) is 0 Å². The fourth-order valence-electron chi connectivity index (χ4n) is 0.938. The third-order valence-corrected chi connectivity index (χ3v) is 1.72. The molecule has 1 aliphatic rings. The third-order valence-electron chi connectivity index (χ3n) is 1.72. The van der Waals surface area contributed by atoms with E-state index in [9.17, 15) is 0 Å². The maximum absolute atomic E-state index is 3.33. The van der Waals surface area contributed by atoms with E-state index in [1.165, 1.54) is 5.70 Å². The van der Waals surface area contributed by atoms with Gasteiger partial charge in [0.1, 0.15) is 0 Å². The van der Waals surface area contributed by atoms with Crippen molar-refractivity contribution in [1.29, 1.82) is 0 Å². The van der Waals surface area contributed by atoms with Crippen LogP contribution in [0, 0.1) is 5.41 Å². The summed E-state index contributed by atoms with van der Waals surface area (Å²) in [4.78, 5) is 0. The molecule has 0 saturated heterocycles. The Balaban J connectivity index is 2.67. The first-order chi connectivity index (χ1) is 4.60. The summed E-state index contributed by atoms with van der Waals surface area (Å²) in [5.41, 5.74) is 1.55. The topological polar surface area (TPSA) is 12.0 Å². The first-order valence-electron chi connectivity index (χ1n) is 3.70. The summed E-state index contributed by atoms with van der Waals surface area (Å²) in [7, 11) is 0. The molecular formula is C9H15N. The fourth-order valence-corrected chi connectivity index (χ4v) is 0.938. The first kappa shape index (κ1) is 7.39. The molecule has 0 aromatic heterocycles. The van der Waals surface area contributed by atoms with Crippen LogP contribution in [-0.4, -0.2) is 6.54 Å². The second kappa shape index (κ2) is 2.49. The van der Waals surface area contributed by atoms with E-state index in [0.29, 0.717) is 5.41 Å². The van der Waals surface area contributed by atoms with E-state index in [1.54, 1.807) is 0 Å². The van der Waals surface area contributed by atoms with Crippen LogP contribution in [0.1, 0.15) is 20.8 Å². The molecule has 10 heavy (non-hydrogen) atoms. The summed E-state index contributed by atoms with van der Waals surface area (Å²) in [5, 5.41) is 3.33. The molecule has 0 radical (unpaired) electrons. The van der Waals surface area contributed by atoms with E-state index < -0.39 is 0 Å². The molecule has 0 fully saturated rings. The van der Waals surface area contributed by atoms with Crippen molar-refractivity contribution < 1.29 is 0 Å². The minimum absolute atomic E-state index is 0.300. The predicted molar refractivity (Wildman–Crippen MR) is 44.7 cm³/mol. The third kappa shape index (κ3) is 1.90. The maximum Gasteiger partial charge on any atom is 0.0229 e. The molecule has 1 rings (SSSR count). The summed E-state index contributed by atoms with van der Waals surface area (Å²) >= 11 is 0. The van der Waals surface area contributed by atoms with E-state index in [4.69, 9.17) is 0 Å². The van der Waals surface area contributed by atoms with Crippen LogP contribution in [0.3, 0.4) is 0 Å². The number of rotatable bonds is 0. The van der Waals surface area contributed by atoms with Gasteiger partial charge in [0.15, 0.2) is 0 Å². The quantitative estimate of drug-likeness (QED) is 0.539. The zero-order valence-corrected chi connectivity index (χ0v) is 6.94. The van der Waals surface area contributed by atoms with E-state index in [-0.39, 0.29) is 0 Å². The highest BCUT2D eigenvalue weighted by atomic mass is 14.9. The molecule has 1 N–H and O–H groups in total. The Morgan fingerprint density at radius 3 is 2.90 bits per heavy atom. The van der Waals surface area contributed by atoms with Gasteiger partial charge in [-0.25, -0.2) is 0 Å². The zero-order chi connectivity index (χ0) is 7.61. The van der Waals surface area contributed by atoms with Gasteiger partial charge in [-0.15, -0.1) is 0 Å². The normalized spacial score (nSPS) is 22.9. The van der Waals surface area contributed by atoms with Gasteiger partial charge < -0.3 is 5.32 Å². The van der Waals surface area contributed by atoms with Gasteiger partial charge in [-0.2, -0.15) is 0 Å². The molecule has 0 atom stereocenters. The molecular weight excluding hydrogens is 122 g/mol. The maximum atomic E-state index is 3.33. The average molecular weight is 137 g/mol.